The molecule has 2 heterocycles. The molecular weight excluding hydrogens is 408 g/mol. The van der Waals surface area contributed by atoms with Crippen LogP contribution >= 0.6 is 28.3 Å². The first kappa shape index (κ1) is 19.8. The van der Waals surface area contributed by atoms with Gasteiger partial charge in [0.2, 0.25) is 0 Å². The molecule has 0 spiro atoms. The van der Waals surface area contributed by atoms with Gasteiger partial charge in [0.05, 0.1) is 0 Å². The Labute approximate surface area is 162 Å². The maximum atomic E-state index is 12.6. The number of hydrogen-bond donors (Lipinski definition) is 1. The van der Waals surface area contributed by atoms with Gasteiger partial charge in [-0.15, -0.1) is 12.4 Å². The molecular formula is C18H22BrClN2O3. The molecule has 1 aromatic carbocycles. The molecule has 0 bridgehead atoms. The summed E-state index contributed by atoms with van der Waals surface area (Å²) >= 11 is 3.39. The van der Waals surface area contributed by atoms with Crippen LogP contribution in [0.5, 0.6) is 5.75 Å². The second kappa shape index (κ2) is 8.74. The van der Waals surface area contributed by atoms with Crippen LogP contribution in [0.25, 0.3) is 0 Å². The van der Waals surface area contributed by atoms with Crippen LogP contribution in [0.2, 0.25) is 0 Å². The standard InChI is InChI=1S/C18H21BrN2O3.ClH/c1-12-13(2)21(10-9-20-12)18(22)17-8-7-16(24-17)11-23-15-5-3-14(19)4-6-15;/h3-8,12-13,20H,9-11H2,1-2H3;1H. The lowest BCUT2D eigenvalue weighted by molar-refractivity contribution is 0.0567. The van der Waals surface area contributed by atoms with E-state index < -0.39 is 0 Å². The molecule has 25 heavy (non-hydrogen) atoms. The van der Waals surface area contributed by atoms with Crippen molar-refractivity contribution in [2.45, 2.75) is 32.5 Å². The number of piperazine rings is 1. The van der Waals surface area contributed by atoms with Crippen molar-refractivity contribution >= 4 is 34.2 Å². The topological polar surface area (TPSA) is 54.7 Å². The quantitative estimate of drug-likeness (QED) is 0.802. The van der Waals surface area contributed by atoms with E-state index in [1.54, 1.807) is 12.1 Å². The first-order chi connectivity index (χ1) is 11.5. The molecule has 1 N–H and O–H groups in total. The van der Waals surface area contributed by atoms with Gasteiger partial charge in [-0.05, 0) is 50.2 Å². The lowest BCUT2D eigenvalue weighted by atomic mass is 10.1. The number of hydrogen-bond acceptors (Lipinski definition) is 4. The molecule has 0 radical (unpaired) electrons. The fourth-order valence-electron chi connectivity index (χ4n) is 2.74. The zero-order valence-corrected chi connectivity index (χ0v) is 16.6. The normalized spacial score (nSPS) is 20.0. The van der Waals surface area contributed by atoms with Crippen molar-refractivity contribution in [1.29, 1.82) is 0 Å². The van der Waals surface area contributed by atoms with E-state index in [-0.39, 0.29) is 30.4 Å². The number of halogens is 2. The molecule has 1 aromatic heterocycles. The van der Waals surface area contributed by atoms with Crippen molar-refractivity contribution in [3.05, 3.63) is 52.4 Å². The maximum Gasteiger partial charge on any atom is 0.289 e. The average Bonchev–Trinajstić information content (AvgIpc) is 3.05. The molecule has 0 saturated carbocycles. The molecule has 1 aliphatic heterocycles. The Hall–Kier alpha value is -1.50. The molecule has 1 amide bonds. The van der Waals surface area contributed by atoms with Gasteiger partial charge >= 0.3 is 0 Å². The lowest BCUT2D eigenvalue weighted by Crippen LogP contribution is -2.57. The van der Waals surface area contributed by atoms with Crippen molar-refractivity contribution in [2.24, 2.45) is 0 Å². The minimum absolute atomic E-state index is 0. The molecule has 2 unspecified atom stereocenters. The monoisotopic (exact) mass is 428 g/mol. The van der Waals surface area contributed by atoms with Crippen LogP contribution in [0.15, 0.2) is 45.3 Å². The van der Waals surface area contributed by atoms with Gasteiger partial charge in [-0.25, -0.2) is 0 Å². The molecule has 1 saturated heterocycles. The Morgan fingerprint density at radius 2 is 2.00 bits per heavy atom. The average molecular weight is 430 g/mol. The van der Waals surface area contributed by atoms with E-state index in [4.69, 9.17) is 9.15 Å². The molecule has 2 aromatic rings. The Bertz CT molecular complexity index is 705. The van der Waals surface area contributed by atoms with Crippen molar-refractivity contribution < 1.29 is 13.9 Å². The van der Waals surface area contributed by atoms with Crippen molar-refractivity contribution in [3.63, 3.8) is 0 Å². The van der Waals surface area contributed by atoms with Gasteiger partial charge in [0.25, 0.3) is 5.91 Å². The third-order valence-corrected chi connectivity index (χ3v) is 4.89. The summed E-state index contributed by atoms with van der Waals surface area (Å²) in [5.41, 5.74) is 0. The summed E-state index contributed by atoms with van der Waals surface area (Å²) in [6.45, 7) is 5.93. The highest BCUT2D eigenvalue weighted by Gasteiger charge is 2.30. The van der Waals surface area contributed by atoms with E-state index in [1.165, 1.54) is 0 Å². The van der Waals surface area contributed by atoms with Crippen molar-refractivity contribution in [1.82, 2.24) is 10.2 Å². The molecule has 5 nitrogen and oxygen atoms in total. The third kappa shape index (κ3) is 4.77. The summed E-state index contributed by atoms with van der Waals surface area (Å²) in [6.07, 6.45) is 0. The van der Waals surface area contributed by atoms with Crippen LogP contribution in [0.3, 0.4) is 0 Å². The number of ether oxygens (including phenoxy) is 1. The SMILES string of the molecule is CC1NCCN(C(=O)c2ccc(COc3ccc(Br)cc3)o2)C1C.Cl. The largest absolute Gasteiger partial charge is 0.486 e. The number of carbonyl (C=O) groups is 1. The van der Waals surface area contributed by atoms with Gasteiger partial charge in [0.15, 0.2) is 5.76 Å². The number of amides is 1. The highest BCUT2D eigenvalue weighted by molar-refractivity contribution is 9.10. The Morgan fingerprint density at radius 1 is 1.28 bits per heavy atom. The first-order valence-electron chi connectivity index (χ1n) is 8.06. The number of furan rings is 1. The number of carbonyl (C=O) groups excluding carboxylic acids is 1. The molecule has 0 aliphatic carbocycles. The summed E-state index contributed by atoms with van der Waals surface area (Å²) < 4.78 is 12.4. The highest BCUT2D eigenvalue weighted by Crippen LogP contribution is 2.19. The van der Waals surface area contributed by atoms with Crippen molar-refractivity contribution in [2.75, 3.05) is 13.1 Å². The predicted octanol–water partition coefficient (Wildman–Crippen LogP) is 3.87. The summed E-state index contributed by atoms with van der Waals surface area (Å²) in [5, 5.41) is 3.37. The van der Waals surface area contributed by atoms with Crippen LogP contribution in [-0.2, 0) is 6.61 Å². The van der Waals surface area contributed by atoms with E-state index in [9.17, 15) is 4.79 Å². The second-order valence-corrected chi connectivity index (χ2v) is 6.91. The summed E-state index contributed by atoms with van der Waals surface area (Å²) in [7, 11) is 0. The predicted molar refractivity (Wildman–Crippen MR) is 102 cm³/mol. The van der Waals surface area contributed by atoms with E-state index in [0.29, 0.717) is 24.7 Å². The highest BCUT2D eigenvalue weighted by atomic mass is 79.9. The summed E-state index contributed by atoms with van der Waals surface area (Å²) in [4.78, 5) is 14.5. The van der Waals surface area contributed by atoms with Gasteiger partial charge in [0.1, 0.15) is 18.1 Å². The maximum absolute atomic E-state index is 12.6. The van der Waals surface area contributed by atoms with E-state index in [1.807, 2.05) is 29.2 Å². The minimum Gasteiger partial charge on any atom is -0.486 e. The number of rotatable bonds is 4. The van der Waals surface area contributed by atoms with Gasteiger partial charge in [-0.2, -0.15) is 0 Å². The molecule has 1 fully saturated rings. The molecule has 7 heteroatoms. The second-order valence-electron chi connectivity index (χ2n) is 5.99. The fraction of sp³-hybridized carbons (Fsp3) is 0.389. The van der Waals surface area contributed by atoms with E-state index in [2.05, 4.69) is 35.1 Å². The Morgan fingerprint density at radius 3 is 2.72 bits per heavy atom. The molecule has 1 aliphatic rings. The summed E-state index contributed by atoms with van der Waals surface area (Å²) in [5.74, 6) is 1.69. The van der Waals surface area contributed by atoms with E-state index in [0.717, 1.165) is 16.8 Å². The van der Waals surface area contributed by atoms with Gasteiger partial charge in [-0.3, -0.25) is 4.79 Å². The summed E-state index contributed by atoms with van der Waals surface area (Å²) in [6, 6.07) is 11.5. The minimum atomic E-state index is -0.0641. The molecule has 2 atom stereocenters. The first-order valence-corrected chi connectivity index (χ1v) is 8.85. The third-order valence-electron chi connectivity index (χ3n) is 4.36. The van der Waals surface area contributed by atoms with Crippen LogP contribution in [0.1, 0.15) is 30.2 Å². The Balaban J connectivity index is 0.00000225. The zero-order valence-electron chi connectivity index (χ0n) is 14.2. The number of nitrogens with one attached hydrogen (secondary N) is 1. The smallest absolute Gasteiger partial charge is 0.289 e. The van der Waals surface area contributed by atoms with Crippen LogP contribution in [-0.4, -0.2) is 36.0 Å². The van der Waals surface area contributed by atoms with Gasteiger partial charge < -0.3 is 19.4 Å². The van der Waals surface area contributed by atoms with Gasteiger partial charge in [-0.1, -0.05) is 15.9 Å². The molecule has 3 rings (SSSR count). The van der Waals surface area contributed by atoms with Crippen molar-refractivity contribution in [3.8, 4) is 5.75 Å². The van der Waals surface area contributed by atoms with Crippen LogP contribution in [0.4, 0.5) is 0 Å². The number of nitrogens with zero attached hydrogens (tertiary/aromatic N) is 1. The van der Waals surface area contributed by atoms with Crippen LogP contribution in [0, 0.1) is 0 Å². The fourth-order valence-corrected chi connectivity index (χ4v) is 3.00. The Kier molecular flexibility index (Phi) is 6.93. The van der Waals surface area contributed by atoms with Gasteiger partial charge in [0, 0.05) is 29.6 Å². The lowest BCUT2D eigenvalue weighted by Gasteiger charge is -2.38. The van der Waals surface area contributed by atoms with Crippen LogP contribution < -0.4 is 10.1 Å². The van der Waals surface area contributed by atoms with E-state index >= 15 is 0 Å². The molecule has 136 valence electrons. The zero-order chi connectivity index (χ0) is 17.1. The number of benzene rings is 1.